The number of nitrogens with zero attached hydrogens (tertiary/aromatic N) is 2. The van der Waals surface area contributed by atoms with Crippen molar-refractivity contribution in [1.29, 1.82) is 0 Å². The number of hydrogen-bond donors (Lipinski definition) is 8. The van der Waals surface area contributed by atoms with Gasteiger partial charge in [-0.25, -0.2) is 0 Å². The number of thioether (sulfide) groups is 1. The molecule has 0 aliphatic carbocycles. The fraction of sp³-hybridized carbons (Fsp3) is 0.692. The standard InChI is InChI=1S/C26H44N10O7S3/c1-14(37)32-18-13-46-45-12-17(21(27)39)33-20(38)11-31-22(40)15(5-3-8-30-26(28)29)34-24(42)19-6-4-9-36(19)25(43)16(7-10-44-2)35-23(18)41/h15-19H,3-13H2,1-2H3,(H2,27,39)(H,31,40)(H,32,37)(H,33,38)(H,34,42)(H,35,41)(H4,28,29,30)/t15-,16-,17-,18-,19-/m0/s1. The van der Waals surface area contributed by atoms with Crippen LogP contribution in [-0.2, 0) is 33.6 Å². The number of rotatable bonds is 9. The van der Waals surface area contributed by atoms with Gasteiger partial charge in [-0.15, -0.1) is 0 Å². The number of nitrogens with two attached hydrogens (primary N) is 3. The fourth-order valence-corrected chi connectivity index (χ4v) is 7.51. The lowest BCUT2D eigenvalue weighted by Crippen LogP contribution is -2.58. The molecule has 11 N–H and O–H groups in total. The highest BCUT2D eigenvalue weighted by Crippen LogP contribution is 2.24. The Morgan fingerprint density at radius 2 is 1.67 bits per heavy atom. The summed E-state index contributed by atoms with van der Waals surface area (Å²) in [4.78, 5) is 95.7. The summed E-state index contributed by atoms with van der Waals surface area (Å²) in [6.07, 6.45) is 3.43. The molecule has 2 aliphatic rings. The van der Waals surface area contributed by atoms with Crippen LogP contribution in [0.3, 0.4) is 0 Å². The highest BCUT2D eigenvalue weighted by molar-refractivity contribution is 8.76. The molecule has 46 heavy (non-hydrogen) atoms. The van der Waals surface area contributed by atoms with Crippen LogP contribution in [-0.4, -0.2) is 126 Å². The Morgan fingerprint density at radius 1 is 0.978 bits per heavy atom. The lowest BCUT2D eigenvalue weighted by Gasteiger charge is -2.30. The lowest BCUT2D eigenvalue weighted by atomic mass is 10.1. The maximum Gasteiger partial charge on any atom is 0.245 e. The van der Waals surface area contributed by atoms with E-state index < -0.39 is 78.1 Å². The SMILES string of the molecule is CSCC[C@@H]1NC(=O)[C@@H](NC(C)=O)CSSC[C@@H](C(N)=O)NC(=O)CNC(=O)[C@H](CCCN=C(N)N)NC(=O)[C@@H]2CCCN2C1=O. The van der Waals surface area contributed by atoms with E-state index in [1.54, 1.807) is 0 Å². The van der Waals surface area contributed by atoms with E-state index in [0.29, 0.717) is 25.0 Å². The molecule has 0 unspecified atom stereocenters. The van der Waals surface area contributed by atoms with Crippen LogP contribution < -0.4 is 43.8 Å². The van der Waals surface area contributed by atoms with Crippen LogP contribution in [0.5, 0.6) is 0 Å². The monoisotopic (exact) mass is 704 g/mol. The summed E-state index contributed by atoms with van der Waals surface area (Å²) in [5.41, 5.74) is 16.2. The molecule has 0 aromatic rings. The van der Waals surface area contributed by atoms with Crippen molar-refractivity contribution in [3.05, 3.63) is 0 Å². The molecule has 0 spiro atoms. The molecular weight excluding hydrogens is 661 g/mol. The number of aliphatic imine (C=N–C) groups is 1. The summed E-state index contributed by atoms with van der Waals surface area (Å²) in [6, 6.07) is -5.09. The van der Waals surface area contributed by atoms with E-state index >= 15 is 0 Å². The normalized spacial score (nSPS) is 25.7. The summed E-state index contributed by atoms with van der Waals surface area (Å²) in [5.74, 6) is -3.72. The maximum absolute atomic E-state index is 13.8. The highest BCUT2D eigenvalue weighted by Gasteiger charge is 2.39. The first-order valence-corrected chi connectivity index (χ1v) is 18.6. The predicted molar refractivity (Wildman–Crippen MR) is 178 cm³/mol. The van der Waals surface area contributed by atoms with E-state index in [1.807, 2.05) is 6.26 Å². The summed E-state index contributed by atoms with van der Waals surface area (Å²) in [5, 5.41) is 13.0. The van der Waals surface area contributed by atoms with E-state index in [2.05, 4.69) is 31.6 Å². The molecule has 20 heteroatoms. The van der Waals surface area contributed by atoms with Crippen molar-refractivity contribution < 1.29 is 33.6 Å². The lowest BCUT2D eigenvalue weighted by molar-refractivity contribution is -0.142. The third-order valence-electron chi connectivity index (χ3n) is 6.99. The molecule has 2 fully saturated rings. The highest BCUT2D eigenvalue weighted by atomic mass is 33.1. The number of hydrogen-bond acceptors (Lipinski definition) is 11. The van der Waals surface area contributed by atoms with E-state index in [1.165, 1.54) is 23.6 Å². The summed E-state index contributed by atoms with van der Waals surface area (Å²) in [6.45, 7) is 1.21. The first-order chi connectivity index (χ1) is 21.8. The number of primary amides is 1. The van der Waals surface area contributed by atoms with Gasteiger partial charge >= 0.3 is 0 Å². The molecule has 0 saturated carbocycles. The zero-order valence-electron chi connectivity index (χ0n) is 25.9. The number of carbonyl (C=O) groups excluding carboxylic acids is 7. The number of guanidine groups is 1. The van der Waals surface area contributed by atoms with Gasteiger partial charge in [-0.3, -0.25) is 38.6 Å². The van der Waals surface area contributed by atoms with E-state index in [-0.39, 0.29) is 43.4 Å². The van der Waals surface area contributed by atoms with Gasteiger partial charge in [0.15, 0.2) is 5.96 Å². The second-order valence-electron chi connectivity index (χ2n) is 10.6. The van der Waals surface area contributed by atoms with E-state index in [4.69, 9.17) is 17.2 Å². The first-order valence-electron chi connectivity index (χ1n) is 14.7. The number of amides is 7. The van der Waals surface area contributed by atoms with E-state index in [9.17, 15) is 33.6 Å². The van der Waals surface area contributed by atoms with E-state index in [0.717, 1.165) is 21.6 Å². The average molecular weight is 705 g/mol. The minimum absolute atomic E-state index is 0.0305. The van der Waals surface area contributed by atoms with Crippen molar-refractivity contribution in [2.45, 2.75) is 69.2 Å². The molecule has 2 rings (SSSR count). The molecule has 0 radical (unpaired) electrons. The Bertz CT molecular complexity index is 1160. The molecule has 2 saturated heterocycles. The third-order valence-corrected chi connectivity index (χ3v) is 10.1. The van der Waals surface area contributed by atoms with Crippen LogP contribution in [0.2, 0.25) is 0 Å². The Kier molecular flexibility index (Phi) is 16.8. The molecule has 258 valence electrons. The Labute approximate surface area is 279 Å². The van der Waals surface area contributed by atoms with Crippen molar-refractivity contribution in [3.63, 3.8) is 0 Å². The minimum Gasteiger partial charge on any atom is -0.370 e. The molecule has 5 atom stereocenters. The van der Waals surface area contributed by atoms with Crippen LogP contribution in [0.1, 0.15) is 39.0 Å². The predicted octanol–water partition coefficient (Wildman–Crippen LogP) is -3.26. The molecule has 0 aromatic carbocycles. The number of fused-ring (bicyclic) bond motifs is 1. The van der Waals surface area contributed by atoms with Crippen molar-refractivity contribution in [1.82, 2.24) is 31.5 Å². The summed E-state index contributed by atoms with van der Waals surface area (Å²) >= 11 is 1.48. The summed E-state index contributed by atoms with van der Waals surface area (Å²) in [7, 11) is 2.31. The molecular formula is C26H44N10O7S3. The average Bonchev–Trinajstić information content (AvgIpc) is 3.49. The van der Waals surface area contributed by atoms with Crippen molar-refractivity contribution in [3.8, 4) is 0 Å². The van der Waals surface area contributed by atoms with Gasteiger partial charge in [0.2, 0.25) is 41.4 Å². The first kappa shape index (κ1) is 38.8. The molecule has 17 nitrogen and oxygen atoms in total. The van der Waals surface area contributed by atoms with Crippen LogP contribution in [0.4, 0.5) is 0 Å². The molecule has 2 heterocycles. The second kappa shape index (κ2) is 20.0. The van der Waals surface area contributed by atoms with Gasteiger partial charge < -0.3 is 48.7 Å². The quantitative estimate of drug-likeness (QED) is 0.0509. The Balaban J connectivity index is 2.39. The number of nitrogens with one attached hydrogen (secondary N) is 5. The van der Waals surface area contributed by atoms with Gasteiger partial charge in [-0.1, -0.05) is 21.6 Å². The largest absolute Gasteiger partial charge is 0.370 e. The van der Waals surface area contributed by atoms with Gasteiger partial charge in [-0.05, 0) is 44.1 Å². The van der Waals surface area contributed by atoms with Crippen LogP contribution >= 0.6 is 33.3 Å². The Morgan fingerprint density at radius 3 is 2.33 bits per heavy atom. The van der Waals surface area contributed by atoms with Gasteiger partial charge in [-0.2, -0.15) is 11.8 Å². The fourth-order valence-electron chi connectivity index (χ4n) is 4.70. The Hall–Kier alpha value is -3.39. The topological polar surface area (TPSA) is 273 Å². The zero-order chi connectivity index (χ0) is 34.2. The molecule has 0 bridgehead atoms. The molecule has 2 aliphatic heterocycles. The van der Waals surface area contributed by atoms with Crippen LogP contribution in [0.25, 0.3) is 0 Å². The number of carbonyl (C=O) groups is 7. The third kappa shape index (κ3) is 13.1. The molecule has 7 amide bonds. The minimum atomic E-state index is -1.10. The van der Waals surface area contributed by atoms with Gasteiger partial charge in [0.25, 0.3) is 0 Å². The second-order valence-corrected chi connectivity index (χ2v) is 14.1. The zero-order valence-corrected chi connectivity index (χ0v) is 28.3. The van der Waals surface area contributed by atoms with Crippen LogP contribution in [0, 0.1) is 0 Å². The van der Waals surface area contributed by atoms with Crippen molar-refractivity contribution >= 4 is 80.7 Å². The van der Waals surface area contributed by atoms with Crippen molar-refractivity contribution in [2.75, 3.05) is 43.1 Å². The van der Waals surface area contributed by atoms with Crippen molar-refractivity contribution in [2.24, 2.45) is 22.2 Å². The maximum atomic E-state index is 13.8. The summed E-state index contributed by atoms with van der Waals surface area (Å²) < 4.78 is 0. The van der Waals surface area contributed by atoms with Gasteiger partial charge in [0.1, 0.15) is 30.2 Å². The van der Waals surface area contributed by atoms with Gasteiger partial charge in [0, 0.05) is 31.5 Å². The smallest absolute Gasteiger partial charge is 0.245 e. The van der Waals surface area contributed by atoms with Crippen LogP contribution in [0.15, 0.2) is 4.99 Å². The molecule has 0 aromatic heterocycles. The van der Waals surface area contributed by atoms with Gasteiger partial charge in [0.05, 0.1) is 6.54 Å².